The summed E-state index contributed by atoms with van der Waals surface area (Å²) in [5, 5.41) is 3.58. The van der Waals surface area contributed by atoms with Crippen molar-refractivity contribution in [2.75, 3.05) is 6.54 Å². The fourth-order valence-electron chi connectivity index (χ4n) is 2.37. The van der Waals surface area contributed by atoms with Crippen LogP contribution >= 0.6 is 0 Å². The van der Waals surface area contributed by atoms with Gasteiger partial charge in [-0.3, -0.25) is 4.98 Å². The summed E-state index contributed by atoms with van der Waals surface area (Å²) in [4.78, 5) is 4.18. The highest BCUT2D eigenvalue weighted by atomic mass is 14.9. The highest BCUT2D eigenvalue weighted by molar-refractivity contribution is 5.29. The predicted octanol–water partition coefficient (Wildman–Crippen LogP) is 3.59. The molecule has 0 fully saturated rings. The van der Waals surface area contributed by atoms with Crippen LogP contribution < -0.4 is 5.32 Å². The third-order valence-corrected chi connectivity index (χ3v) is 3.45. The zero-order valence-electron chi connectivity index (χ0n) is 12.0. The van der Waals surface area contributed by atoms with E-state index in [4.69, 9.17) is 0 Å². The van der Waals surface area contributed by atoms with Crippen molar-refractivity contribution in [1.29, 1.82) is 0 Å². The molecule has 100 valence electrons. The van der Waals surface area contributed by atoms with E-state index in [0.717, 1.165) is 13.0 Å². The normalized spacial score (nSPS) is 12.4. The fraction of sp³-hybridized carbons (Fsp3) is 0.353. The highest BCUT2D eigenvalue weighted by Crippen LogP contribution is 2.21. The van der Waals surface area contributed by atoms with E-state index in [1.54, 1.807) is 0 Å². The molecule has 1 aromatic heterocycles. The predicted molar refractivity (Wildman–Crippen MR) is 80.3 cm³/mol. The highest BCUT2D eigenvalue weighted by Gasteiger charge is 2.13. The molecule has 1 aromatic carbocycles. The lowest BCUT2D eigenvalue weighted by molar-refractivity contribution is 0.546. The number of pyridine rings is 1. The smallest absolute Gasteiger partial charge is 0.0364 e. The largest absolute Gasteiger partial charge is 0.310 e. The third-order valence-electron chi connectivity index (χ3n) is 3.45. The molecule has 2 heteroatoms. The maximum atomic E-state index is 4.18. The van der Waals surface area contributed by atoms with Gasteiger partial charge in [0, 0.05) is 18.4 Å². The Kier molecular flexibility index (Phi) is 4.69. The van der Waals surface area contributed by atoms with Crippen molar-refractivity contribution < 1.29 is 0 Å². The van der Waals surface area contributed by atoms with Crippen LogP contribution in [-0.2, 0) is 6.42 Å². The van der Waals surface area contributed by atoms with Crippen LogP contribution in [0.2, 0.25) is 0 Å². The Labute approximate surface area is 115 Å². The molecule has 2 rings (SSSR count). The molecular formula is C17H22N2. The molecule has 1 heterocycles. The maximum absolute atomic E-state index is 4.18. The molecule has 1 N–H and O–H groups in total. The van der Waals surface area contributed by atoms with Crippen molar-refractivity contribution in [3.8, 4) is 0 Å². The summed E-state index contributed by atoms with van der Waals surface area (Å²) in [6.45, 7) is 7.37. The number of likely N-dealkylation sites (N-methyl/N-ethyl adjacent to an activating group) is 1. The fourth-order valence-corrected chi connectivity index (χ4v) is 2.37. The quantitative estimate of drug-likeness (QED) is 0.882. The summed E-state index contributed by atoms with van der Waals surface area (Å²) in [5.74, 6) is 0. The molecular weight excluding hydrogens is 232 g/mol. The summed E-state index contributed by atoms with van der Waals surface area (Å²) in [5.41, 5.74) is 5.27. The first kappa shape index (κ1) is 13.8. The summed E-state index contributed by atoms with van der Waals surface area (Å²) in [6, 6.07) is 11.3. The minimum Gasteiger partial charge on any atom is -0.310 e. The van der Waals surface area contributed by atoms with Crippen LogP contribution in [0.25, 0.3) is 0 Å². The van der Waals surface area contributed by atoms with Gasteiger partial charge >= 0.3 is 0 Å². The lowest BCUT2D eigenvalue weighted by atomic mass is 9.96. The Hall–Kier alpha value is -1.67. The first-order valence-corrected chi connectivity index (χ1v) is 6.90. The second kappa shape index (κ2) is 6.48. The second-order valence-corrected chi connectivity index (χ2v) is 5.03. The van der Waals surface area contributed by atoms with E-state index in [-0.39, 0.29) is 0 Å². The number of aryl methyl sites for hydroxylation is 2. The molecule has 0 aliphatic rings. The SMILES string of the molecule is CCNC(Cc1ccc(C)cc1)c1ccncc1C. The van der Waals surface area contributed by atoms with Gasteiger partial charge in [-0.2, -0.15) is 0 Å². The van der Waals surface area contributed by atoms with Crippen molar-refractivity contribution in [2.45, 2.75) is 33.2 Å². The van der Waals surface area contributed by atoms with E-state index < -0.39 is 0 Å². The minimum absolute atomic E-state index is 0.357. The lowest BCUT2D eigenvalue weighted by Gasteiger charge is -2.20. The molecule has 1 unspecified atom stereocenters. The summed E-state index contributed by atoms with van der Waals surface area (Å²) >= 11 is 0. The number of aromatic nitrogens is 1. The first-order chi connectivity index (χ1) is 9.20. The maximum Gasteiger partial charge on any atom is 0.0364 e. The molecule has 0 saturated heterocycles. The van der Waals surface area contributed by atoms with Gasteiger partial charge < -0.3 is 5.32 Å². The van der Waals surface area contributed by atoms with Gasteiger partial charge in [-0.25, -0.2) is 0 Å². The summed E-state index contributed by atoms with van der Waals surface area (Å²) in [6.07, 6.45) is 4.83. The van der Waals surface area contributed by atoms with Crippen molar-refractivity contribution >= 4 is 0 Å². The Balaban J connectivity index is 2.21. The molecule has 2 aromatic rings. The zero-order valence-corrected chi connectivity index (χ0v) is 12.0. The number of nitrogens with zero attached hydrogens (tertiary/aromatic N) is 1. The Morgan fingerprint density at radius 3 is 2.47 bits per heavy atom. The number of rotatable bonds is 5. The standard InChI is InChI=1S/C17H22N2/c1-4-19-17(16-9-10-18-12-14(16)3)11-15-7-5-13(2)6-8-15/h5-10,12,17,19H,4,11H2,1-3H3. The molecule has 0 radical (unpaired) electrons. The van der Waals surface area contributed by atoms with Crippen LogP contribution in [0.5, 0.6) is 0 Å². The molecule has 0 spiro atoms. The molecule has 0 aliphatic carbocycles. The van der Waals surface area contributed by atoms with Crippen LogP contribution in [0.1, 0.15) is 35.2 Å². The molecule has 0 amide bonds. The molecule has 19 heavy (non-hydrogen) atoms. The van der Waals surface area contributed by atoms with Crippen LogP contribution in [0.4, 0.5) is 0 Å². The molecule has 0 bridgehead atoms. The summed E-state index contributed by atoms with van der Waals surface area (Å²) < 4.78 is 0. The van der Waals surface area contributed by atoms with Gasteiger partial charge in [0.2, 0.25) is 0 Å². The van der Waals surface area contributed by atoms with Gasteiger partial charge in [0.1, 0.15) is 0 Å². The van der Waals surface area contributed by atoms with E-state index in [9.17, 15) is 0 Å². The van der Waals surface area contributed by atoms with Crippen molar-refractivity contribution in [3.05, 3.63) is 65.0 Å². The number of hydrogen-bond donors (Lipinski definition) is 1. The first-order valence-electron chi connectivity index (χ1n) is 6.90. The van der Waals surface area contributed by atoms with Crippen molar-refractivity contribution in [3.63, 3.8) is 0 Å². The average molecular weight is 254 g/mol. The van der Waals surface area contributed by atoms with Crippen LogP contribution in [-0.4, -0.2) is 11.5 Å². The van der Waals surface area contributed by atoms with Gasteiger partial charge in [-0.05, 0) is 49.6 Å². The van der Waals surface area contributed by atoms with Gasteiger partial charge in [0.15, 0.2) is 0 Å². The monoisotopic (exact) mass is 254 g/mol. The van der Waals surface area contributed by atoms with Gasteiger partial charge in [-0.15, -0.1) is 0 Å². The minimum atomic E-state index is 0.357. The number of nitrogens with one attached hydrogen (secondary N) is 1. The number of benzene rings is 1. The van der Waals surface area contributed by atoms with E-state index in [2.05, 4.69) is 61.4 Å². The van der Waals surface area contributed by atoms with Crippen molar-refractivity contribution in [1.82, 2.24) is 10.3 Å². The van der Waals surface area contributed by atoms with Gasteiger partial charge in [0.25, 0.3) is 0 Å². The molecule has 2 nitrogen and oxygen atoms in total. The molecule has 0 saturated carbocycles. The Morgan fingerprint density at radius 1 is 1.11 bits per heavy atom. The van der Waals surface area contributed by atoms with Crippen LogP contribution in [0, 0.1) is 13.8 Å². The van der Waals surface area contributed by atoms with Crippen LogP contribution in [0.15, 0.2) is 42.7 Å². The van der Waals surface area contributed by atoms with Crippen LogP contribution in [0.3, 0.4) is 0 Å². The summed E-state index contributed by atoms with van der Waals surface area (Å²) in [7, 11) is 0. The number of hydrogen-bond acceptors (Lipinski definition) is 2. The van der Waals surface area contributed by atoms with Gasteiger partial charge in [0.05, 0.1) is 0 Å². The topological polar surface area (TPSA) is 24.9 Å². The Morgan fingerprint density at radius 2 is 1.84 bits per heavy atom. The second-order valence-electron chi connectivity index (χ2n) is 5.03. The van der Waals surface area contributed by atoms with E-state index in [1.807, 2.05) is 12.4 Å². The zero-order chi connectivity index (χ0) is 13.7. The van der Waals surface area contributed by atoms with Gasteiger partial charge in [-0.1, -0.05) is 36.8 Å². The average Bonchev–Trinajstić information content (AvgIpc) is 2.41. The molecule has 0 aliphatic heterocycles. The molecule has 1 atom stereocenters. The van der Waals surface area contributed by atoms with E-state index in [0.29, 0.717) is 6.04 Å². The van der Waals surface area contributed by atoms with E-state index >= 15 is 0 Å². The van der Waals surface area contributed by atoms with Crippen molar-refractivity contribution in [2.24, 2.45) is 0 Å². The van der Waals surface area contributed by atoms with E-state index in [1.165, 1.54) is 22.3 Å². The Bertz CT molecular complexity index is 517. The lowest BCUT2D eigenvalue weighted by Crippen LogP contribution is -2.23. The third kappa shape index (κ3) is 3.65.